The lowest BCUT2D eigenvalue weighted by atomic mass is 10.3. The highest BCUT2D eigenvalue weighted by atomic mass is 16.2. The number of nitrogens with zero attached hydrogens (tertiary/aromatic N) is 2. The third kappa shape index (κ3) is 2.06. The maximum Gasteiger partial charge on any atom is 0.330 e. The molecule has 0 saturated carbocycles. The Morgan fingerprint density at radius 1 is 1.54 bits per heavy atom. The van der Waals surface area contributed by atoms with E-state index in [2.05, 4.69) is 0 Å². The van der Waals surface area contributed by atoms with Crippen LogP contribution in [-0.4, -0.2) is 15.2 Å². The smallest absolute Gasteiger partial charge is 0.326 e. The number of hydrogen-bond donors (Lipinski definition) is 1. The van der Waals surface area contributed by atoms with Gasteiger partial charge in [0.2, 0.25) is 0 Å². The first-order valence-electron chi connectivity index (χ1n) is 4.04. The molecule has 0 aliphatic rings. The van der Waals surface area contributed by atoms with Gasteiger partial charge < -0.3 is 10.3 Å². The van der Waals surface area contributed by atoms with Crippen LogP contribution in [0.3, 0.4) is 0 Å². The van der Waals surface area contributed by atoms with Crippen molar-refractivity contribution in [1.82, 2.24) is 9.13 Å². The summed E-state index contributed by atoms with van der Waals surface area (Å²) in [5.41, 5.74) is 4.87. The van der Waals surface area contributed by atoms with E-state index in [1.807, 2.05) is 0 Å². The molecule has 0 amide bonds. The fourth-order valence-electron chi connectivity index (χ4n) is 1.07. The normalized spacial score (nSPS) is 12.8. The van der Waals surface area contributed by atoms with E-state index in [0.717, 1.165) is 4.57 Å². The molecule has 1 aromatic rings. The second kappa shape index (κ2) is 3.57. The predicted octanol–water partition coefficient (Wildman–Crippen LogP) is -1.11. The van der Waals surface area contributed by atoms with Gasteiger partial charge in [-0.1, -0.05) is 0 Å². The van der Waals surface area contributed by atoms with Crippen LogP contribution in [-0.2, 0) is 13.6 Å². The molecule has 0 aliphatic carbocycles. The van der Waals surface area contributed by atoms with E-state index in [0.29, 0.717) is 0 Å². The molecule has 1 atom stereocenters. The second-order valence-electron chi connectivity index (χ2n) is 3.14. The molecule has 0 aliphatic heterocycles. The first kappa shape index (κ1) is 9.73. The van der Waals surface area contributed by atoms with Crippen molar-refractivity contribution in [2.45, 2.75) is 19.5 Å². The van der Waals surface area contributed by atoms with Crippen LogP contribution in [0.1, 0.15) is 6.92 Å². The van der Waals surface area contributed by atoms with E-state index in [-0.39, 0.29) is 23.8 Å². The van der Waals surface area contributed by atoms with Crippen molar-refractivity contribution in [3.05, 3.63) is 33.1 Å². The molecule has 72 valence electrons. The summed E-state index contributed by atoms with van der Waals surface area (Å²) in [6, 6.07) is 1.15. The van der Waals surface area contributed by atoms with Crippen LogP contribution < -0.4 is 17.0 Å². The fourth-order valence-corrected chi connectivity index (χ4v) is 1.07. The van der Waals surface area contributed by atoms with Crippen LogP contribution in [0, 0.1) is 0 Å². The van der Waals surface area contributed by atoms with E-state index < -0.39 is 0 Å². The lowest BCUT2D eigenvalue weighted by Gasteiger charge is -2.08. The van der Waals surface area contributed by atoms with Crippen LogP contribution in [0.25, 0.3) is 0 Å². The van der Waals surface area contributed by atoms with Crippen molar-refractivity contribution in [1.29, 1.82) is 0 Å². The molecule has 0 saturated heterocycles. The zero-order chi connectivity index (χ0) is 10.0. The van der Waals surface area contributed by atoms with Crippen molar-refractivity contribution < 1.29 is 0 Å². The lowest BCUT2D eigenvalue weighted by molar-refractivity contribution is 0.529. The van der Waals surface area contributed by atoms with E-state index in [1.165, 1.54) is 16.8 Å². The van der Waals surface area contributed by atoms with Crippen LogP contribution >= 0.6 is 0 Å². The van der Waals surface area contributed by atoms with Gasteiger partial charge in [-0.15, -0.1) is 0 Å². The highest BCUT2D eigenvalue weighted by Crippen LogP contribution is 1.79. The zero-order valence-corrected chi connectivity index (χ0v) is 7.73. The maximum atomic E-state index is 11.4. The summed E-state index contributed by atoms with van der Waals surface area (Å²) in [6.45, 7) is 2.01. The average Bonchev–Trinajstić information content (AvgIpc) is 2.05. The number of nitrogens with two attached hydrogens (primary N) is 1. The topological polar surface area (TPSA) is 70.0 Å². The molecular formula is C8H13N3O2. The minimum Gasteiger partial charge on any atom is -0.326 e. The van der Waals surface area contributed by atoms with Gasteiger partial charge in [-0.05, 0) is 6.92 Å². The Morgan fingerprint density at radius 3 is 2.69 bits per heavy atom. The van der Waals surface area contributed by atoms with Gasteiger partial charge in [0.1, 0.15) is 0 Å². The Bertz CT molecular complexity index is 403. The third-order valence-corrected chi connectivity index (χ3v) is 1.71. The van der Waals surface area contributed by atoms with E-state index in [9.17, 15) is 9.59 Å². The molecule has 0 spiro atoms. The Labute approximate surface area is 75.4 Å². The average molecular weight is 183 g/mol. The van der Waals surface area contributed by atoms with E-state index in [4.69, 9.17) is 5.73 Å². The molecule has 1 unspecified atom stereocenters. The number of aryl methyl sites for hydroxylation is 1. The van der Waals surface area contributed by atoms with Gasteiger partial charge in [0.25, 0.3) is 5.56 Å². The lowest BCUT2D eigenvalue weighted by Crippen LogP contribution is -2.41. The molecule has 0 fully saturated rings. The van der Waals surface area contributed by atoms with Crippen molar-refractivity contribution >= 4 is 0 Å². The first-order chi connectivity index (χ1) is 6.02. The minimum atomic E-state index is -0.329. The number of hydrogen-bond acceptors (Lipinski definition) is 3. The van der Waals surface area contributed by atoms with Gasteiger partial charge in [-0.3, -0.25) is 9.36 Å². The molecule has 5 heteroatoms. The zero-order valence-electron chi connectivity index (χ0n) is 7.73. The molecule has 2 N–H and O–H groups in total. The molecular weight excluding hydrogens is 170 g/mol. The maximum absolute atomic E-state index is 11.4. The first-order valence-corrected chi connectivity index (χ1v) is 4.04. The summed E-state index contributed by atoms with van der Waals surface area (Å²) in [6.07, 6.45) is 1.45. The summed E-state index contributed by atoms with van der Waals surface area (Å²) in [5, 5.41) is 0. The molecule has 13 heavy (non-hydrogen) atoms. The van der Waals surface area contributed by atoms with Crippen molar-refractivity contribution in [3.8, 4) is 0 Å². The van der Waals surface area contributed by atoms with E-state index in [1.54, 1.807) is 14.0 Å². The number of aromatic nitrogens is 2. The Balaban J connectivity index is 3.27. The molecule has 0 radical (unpaired) electrons. The second-order valence-corrected chi connectivity index (χ2v) is 3.14. The van der Waals surface area contributed by atoms with E-state index >= 15 is 0 Å². The highest BCUT2D eigenvalue weighted by Gasteiger charge is 2.04. The van der Waals surface area contributed by atoms with Crippen LogP contribution in [0.5, 0.6) is 0 Å². The van der Waals surface area contributed by atoms with Gasteiger partial charge in [0, 0.05) is 31.9 Å². The monoisotopic (exact) mass is 183 g/mol. The highest BCUT2D eigenvalue weighted by molar-refractivity contribution is 4.85. The molecule has 1 heterocycles. The Kier molecular flexibility index (Phi) is 2.67. The SMILES string of the molecule is CC(N)Cn1c(=O)ccn(C)c1=O. The quantitative estimate of drug-likeness (QED) is 0.632. The Hall–Kier alpha value is -1.36. The molecule has 0 aromatic carbocycles. The summed E-state index contributed by atoms with van der Waals surface area (Å²) in [7, 11) is 1.60. The molecule has 1 rings (SSSR count). The standard InChI is InChI=1S/C8H13N3O2/c1-6(9)5-11-7(12)3-4-10(2)8(11)13/h3-4,6H,5,9H2,1-2H3. The summed E-state index contributed by atoms with van der Waals surface area (Å²) >= 11 is 0. The largest absolute Gasteiger partial charge is 0.330 e. The van der Waals surface area contributed by atoms with Crippen LogP contribution in [0.2, 0.25) is 0 Å². The molecule has 5 nitrogen and oxygen atoms in total. The van der Waals surface area contributed by atoms with Gasteiger partial charge in [-0.2, -0.15) is 0 Å². The van der Waals surface area contributed by atoms with Gasteiger partial charge in [0.15, 0.2) is 0 Å². The van der Waals surface area contributed by atoms with Gasteiger partial charge in [-0.25, -0.2) is 4.79 Å². The molecule has 0 bridgehead atoms. The minimum absolute atomic E-state index is 0.201. The van der Waals surface area contributed by atoms with Crippen molar-refractivity contribution in [2.75, 3.05) is 0 Å². The van der Waals surface area contributed by atoms with Gasteiger partial charge >= 0.3 is 5.69 Å². The Morgan fingerprint density at radius 2 is 2.15 bits per heavy atom. The number of rotatable bonds is 2. The van der Waals surface area contributed by atoms with Crippen molar-refractivity contribution in [3.63, 3.8) is 0 Å². The molecule has 1 aromatic heterocycles. The predicted molar refractivity (Wildman–Crippen MR) is 49.6 cm³/mol. The third-order valence-electron chi connectivity index (χ3n) is 1.71. The summed E-state index contributed by atoms with van der Waals surface area (Å²) < 4.78 is 2.48. The van der Waals surface area contributed by atoms with Crippen LogP contribution in [0.15, 0.2) is 21.9 Å². The van der Waals surface area contributed by atoms with Crippen LogP contribution in [0.4, 0.5) is 0 Å². The van der Waals surface area contributed by atoms with Gasteiger partial charge in [0.05, 0.1) is 0 Å². The summed E-state index contributed by atoms with van der Waals surface area (Å²) in [4.78, 5) is 22.6. The summed E-state index contributed by atoms with van der Waals surface area (Å²) in [5.74, 6) is 0. The van der Waals surface area contributed by atoms with Crippen molar-refractivity contribution in [2.24, 2.45) is 12.8 Å². The fraction of sp³-hybridized carbons (Fsp3) is 0.500.